The van der Waals surface area contributed by atoms with Crippen LogP contribution in [-0.2, 0) is 28.8 Å². The van der Waals surface area contributed by atoms with E-state index in [0.29, 0.717) is 35.0 Å². The van der Waals surface area contributed by atoms with Crippen molar-refractivity contribution in [1.82, 2.24) is 15.3 Å². The molecule has 12 nitrogen and oxygen atoms in total. The fourth-order valence-electron chi connectivity index (χ4n) is 2.81. The number of phosphoric ester groups is 1. The smallest absolute Gasteiger partial charge is 0.285 e. The molecule has 0 amide bonds. The first-order valence-corrected chi connectivity index (χ1v) is 10.8. The van der Waals surface area contributed by atoms with Crippen LogP contribution >= 0.6 is 7.82 Å². The Kier molecular flexibility index (Phi) is 6.28. The summed E-state index contributed by atoms with van der Waals surface area (Å²) in [5.41, 5.74) is 8.76. The molecule has 3 N–H and O–H groups in total. The lowest BCUT2D eigenvalue weighted by atomic mass is 10.1. The number of nitrogen functional groups attached to an aromatic ring is 1. The zero-order valence-corrected chi connectivity index (χ0v) is 17.4. The fourth-order valence-corrected chi connectivity index (χ4v) is 3.08. The number of nitrogens with zero attached hydrogens (tertiary/aromatic N) is 4. The molecule has 0 aliphatic carbocycles. The zero-order chi connectivity index (χ0) is 22.6. The number of phosphoric acid groups is 1. The molecule has 0 aliphatic rings. The standard InChI is InChI=1S/C19H18N5O7P/c20-19-16(2-1-6-24(19)12-30-32(25,26)27)17-9-15(23-31-17)8-13-3-4-18(21-10-13)28-11-14-5-7-29-22-14/h1-7,9-10,20H,8,11-12H2,(H2,25,26,27). The monoisotopic (exact) mass is 459 g/mol. The molecule has 0 spiro atoms. The average molecular weight is 459 g/mol. The number of anilines is 1. The van der Waals surface area contributed by atoms with E-state index in [0.717, 1.165) is 5.56 Å². The first kappa shape index (κ1) is 21.7. The van der Waals surface area contributed by atoms with E-state index < -0.39 is 14.6 Å². The summed E-state index contributed by atoms with van der Waals surface area (Å²) in [6, 6.07) is 10.3. The molecule has 0 radical (unpaired) electrons. The summed E-state index contributed by atoms with van der Waals surface area (Å²) < 4.78 is 32.2. The normalized spacial score (nSPS) is 13.1. The number of pyridine rings is 2. The number of hydrogen-bond donors (Lipinski definition) is 2. The SMILES string of the molecule is Nc1c(-c2cc(Cc3ccc(OCc4ccon4)nc3)no2)ccc[n+]1COP(=O)([O-])O. The Labute approximate surface area is 181 Å². The van der Waals surface area contributed by atoms with Crippen molar-refractivity contribution in [3.05, 3.63) is 72.0 Å². The molecule has 4 aromatic rings. The van der Waals surface area contributed by atoms with E-state index in [2.05, 4.69) is 19.8 Å². The Morgan fingerprint density at radius 3 is 2.81 bits per heavy atom. The highest BCUT2D eigenvalue weighted by Gasteiger charge is 2.18. The van der Waals surface area contributed by atoms with Gasteiger partial charge in [-0.05, 0) is 17.7 Å². The van der Waals surface area contributed by atoms with Gasteiger partial charge in [-0.2, -0.15) is 0 Å². The van der Waals surface area contributed by atoms with Gasteiger partial charge in [0.25, 0.3) is 13.6 Å². The van der Waals surface area contributed by atoms with Gasteiger partial charge in [-0.15, -0.1) is 0 Å². The zero-order valence-electron chi connectivity index (χ0n) is 16.5. The molecule has 1 atom stereocenters. The highest BCUT2D eigenvalue weighted by Crippen LogP contribution is 2.30. The molecule has 0 saturated heterocycles. The maximum Gasteiger partial charge on any atom is 0.285 e. The van der Waals surface area contributed by atoms with Crippen LogP contribution in [-0.4, -0.2) is 20.2 Å². The second-order valence-corrected chi connectivity index (χ2v) is 7.84. The third-order valence-electron chi connectivity index (χ3n) is 4.34. The predicted molar refractivity (Wildman–Crippen MR) is 105 cm³/mol. The van der Waals surface area contributed by atoms with Gasteiger partial charge in [0, 0.05) is 30.8 Å². The Morgan fingerprint density at radius 1 is 1.22 bits per heavy atom. The summed E-state index contributed by atoms with van der Waals surface area (Å²) in [6.45, 7) is -0.224. The summed E-state index contributed by atoms with van der Waals surface area (Å²) in [7, 11) is -4.88. The molecular weight excluding hydrogens is 441 g/mol. The van der Waals surface area contributed by atoms with Crippen LogP contribution < -0.4 is 19.9 Å². The van der Waals surface area contributed by atoms with Crippen molar-refractivity contribution in [3.8, 4) is 17.2 Å². The molecule has 4 heterocycles. The van der Waals surface area contributed by atoms with Crippen LogP contribution in [0.5, 0.6) is 5.88 Å². The van der Waals surface area contributed by atoms with Gasteiger partial charge in [-0.1, -0.05) is 16.4 Å². The van der Waals surface area contributed by atoms with Crippen molar-refractivity contribution < 1.29 is 37.2 Å². The molecular formula is C19H18N5O7P. The van der Waals surface area contributed by atoms with E-state index in [4.69, 9.17) is 24.4 Å². The number of hydrogen-bond acceptors (Lipinski definition) is 10. The van der Waals surface area contributed by atoms with E-state index in [-0.39, 0.29) is 12.4 Å². The largest absolute Gasteiger partial charge is 0.756 e. The third kappa shape index (κ3) is 5.56. The van der Waals surface area contributed by atoms with Crippen LogP contribution in [0.25, 0.3) is 11.3 Å². The summed E-state index contributed by atoms with van der Waals surface area (Å²) in [6.07, 6.45) is 5.10. The van der Waals surface area contributed by atoms with E-state index >= 15 is 0 Å². The van der Waals surface area contributed by atoms with E-state index in [9.17, 15) is 9.46 Å². The first-order chi connectivity index (χ1) is 15.4. The quantitative estimate of drug-likeness (QED) is 0.272. The second-order valence-electron chi connectivity index (χ2n) is 6.65. The molecule has 0 saturated carbocycles. The molecule has 32 heavy (non-hydrogen) atoms. The van der Waals surface area contributed by atoms with Gasteiger partial charge in [0.2, 0.25) is 5.88 Å². The predicted octanol–water partition coefficient (Wildman–Crippen LogP) is 1.20. The number of ether oxygens (including phenoxy) is 1. The van der Waals surface area contributed by atoms with Crippen LogP contribution in [0.4, 0.5) is 5.82 Å². The molecule has 13 heteroatoms. The molecule has 0 fully saturated rings. The second kappa shape index (κ2) is 9.28. The minimum atomic E-state index is -4.88. The van der Waals surface area contributed by atoms with Gasteiger partial charge < -0.3 is 23.6 Å². The minimum Gasteiger partial charge on any atom is -0.756 e. The van der Waals surface area contributed by atoms with Crippen molar-refractivity contribution in [2.75, 3.05) is 5.73 Å². The van der Waals surface area contributed by atoms with Crippen LogP contribution in [0.1, 0.15) is 17.0 Å². The van der Waals surface area contributed by atoms with Crippen molar-refractivity contribution in [2.24, 2.45) is 0 Å². The number of aromatic nitrogens is 4. The lowest BCUT2D eigenvalue weighted by molar-refractivity contribution is -0.712. The molecule has 0 bridgehead atoms. The van der Waals surface area contributed by atoms with Crippen LogP contribution in [0.2, 0.25) is 0 Å². The number of nitrogens with two attached hydrogens (primary N) is 1. The molecule has 0 aromatic carbocycles. The van der Waals surface area contributed by atoms with Gasteiger partial charge in [0.1, 0.15) is 24.1 Å². The van der Waals surface area contributed by atoms with Gasteiger partial charge in [-0.25, -0.2) is 9.55 Å². The van der Waals surface area contributed by atoms with Gasteiger partial charge >= 0.3 is 0 Å². The average Bonchev–Trinajstić information content (AvgIpc) is 3.44. The molecule has 1 unspecified atom stereocenters. The number of rotatable bonds is 9. The van der Waals surface area contributed by atoms with E-state index in [1.165, 1.54) is 17.0 Å². The van der Waals surface area contributed by atoms with E-state index in [1.807, 2.05) is 6.07 Å². The maximum absolute atomic E-state index is 10.8. The maximum atomic E-state index is 10.8. The Morgan fingerprint density at radius 2 is 2.09 bits per heavy atom. The molecule has 0 aliphatic heterocycles. The summed E-state index contributed by atoms with van der Waals surface area (Å²) in [5.74, 6) is 1.02. The highest BCUT2D eigenvalue weighted by molar-refractivity contribution is 7.44. The Hall–Kier alpha value is -3.57. The topological polar surface area (TPSA) is 174 Å². The van der Waals surface area contributed by atoms with Gasteiger partial charge in [0.15, 0.2) is 12.5 Å². The molecule has 4 aromatic heterocycles. The van der Waals surface area contributed by atoms with Crippen molar-refractivity contribution >= 4 is 13.6 Å². The van der Waals surface area contributed by atoms with Crippen LogP contribution in [0.15, 0.2) is 64.1 Å². The summed E-state index contributed by atoms with van der Waals surface area (Å²) in [5, 5.41) is 7.82. The van der Waals surface area contributed by atoms with Crippen LogP contribution in [0, 0.1) is 0 Å². The van der Waals surface area contributed by atoms with Crippen LogP contribution in [0.3, 0.4) is 0 Å². The Bertz CT molecular complexity index is 1220. The fraction of sp³-hybridized carbons (Fsp3) is 0.158. The van der Waals surface area contributed by atoms with Crippen molar-refractivity contribution in [3.63, 3.8) is 0 Å². The Balaban J connectivity index is 1.41. The molecule has 166 valence electrons. The first-order valence-electron chi connectivity index (χ1n) is 9.26. The molecule has 4 rings (SSSR count). The van der Waals surface area contributed by atoms with Gasteiger partial charge in [0.05, 0.1) is 11.9 Å². The summed E-state index contributed by atoms with van der Waals surface area (Å²) >= 11 is 0. The van der Waals surface area contributed by atoms with Crippen molar-refractivity contribution in [2.45, 2.75) is 19.8 Å². The van der Waals surface area contributed by atoms with Crippen molar-refractivity contribution in [1.29, 1.82) is 0 Å². The van der Waals surface area contributed by atoms with E-state index in [1.54, 1.807) is 36.5 Å². The third-order valence-corrected chi connectivity index (χ3v) is 4.78. The highest BCUT2D eigenvalue weighted by atomic mass is 31.2. The minimum absolute atomic E-state index is 0.180. The lowest BCUT2D eigenvalue weighted by Crippen LogP contribution is -2.38. The van der Waals surface area contributed by atoms with Gasteiger partial charge in [-0.3, -0.25) is 14.8 Å². The summed E-state index contributed by atoms with van der Waals surface area (Å²) in [4.78, 5) is 23.8. The lowest BCUT2D eigenvalue weighted by Gasteiger charge is -2.14.